The van der Waals surface area contributed by atoms with Crippen LogP contribution in [0.2, 0.25) is 10.0 Å². The van der Waals surface area contributed by atoms with Crippen LogP contribution in [0.4, 0.5) is 23.2 Å². The van der Waals surface area contributed by atoms with Crippen molar-refractivity contribution in [1.29, 1.82) is 0 Å². The van der Waals surface area contributed by atoms with Gasteiger partial charge in [0.25, 0.3) is 5.91 Å². The smallest absolute Gasteiger partial charge is 0.416 e. The van der Waals surface area contributed by atoms with Gasteiger partial charge in [-0.3, -0.25) is 4.79 Å². The number of alkyl halides is 3. The zero-order valence-electron chi connectivity index (χ0n) is 22.0. The molecule has 4 aliphatic rings. The molecule has 0 aromatic heterocycles. The average molecular weight is 623 g/mol. The molecule has 13 heteroatoms. The fourth-order valence-corrected chi connectivity index (χ4v) is 5.87. The van der Waals surface area contributed by atoms with Crippen molar-refractivity contribution < 1.29 is 31.8 Å². The first-order valence-electron chi connectivity index (χ1n) is 13.1. The minimum Gasteiger partial charge on any atom is -0.482 e. The Morgan fingerprint density at radius 3 is 2.60 bits per heavy atom. The van der Waals surface area contributed by atoms with E-state index in [2.05, 4.69) is 9.89 Å². The second kappa shape index (κ2) is 11.3. The summed E-state index contributed by atoms with van der Waals surface area (Å²) in [6, 6.07) is 7.68. The maximum atomic E-state index is 15.3. The van der Waals surface area contributed by atoms with Gasteiger partial charge in [-0.2, -0.15) is 13.2 Å². The van der Waals surface area contributed by atoms with Gasteiger partial charge in [0.05, 0.1) is 35.5 Å². The second-order valence-electron chi connectivity index (χ2n) is 10.0. The van der Waals surface area contributed by atoms with E-state index in [4.69, 9.17) is 32.7 Å². The van der Waals surface area contributed by atoms with Gasteiger partial charge in [0.15, 0.2) is 6.61 Å². The van der Waals surface area contributed by atoms with Crippen molar-refractivity contribution >= 4 is 40.6 Å². The molecule has 0 aliphatic carbocycles. The van der Waals surface area contributed by atoms with Gasteiger partial charge in [-0.15, -0.1) is 0 Å². The number of carbonyl (C=O) groups is 1. The Bertz CT molecular complexity index is 1540. The Hall–Kier alpha value is -3.54. The van der Waals surface area contributed by atoms with Gasteiger partial charge in [-0.25, -0.2) is 9.38 Å². The Kier molecular flexibility index (Phi) is 7.67. The van der Waals surface area contributed by atoms with E-state index in [1.54, 1.807) is 18.2 Å². The molecule has 6 rings (SSSR count). The van der Waals surface area contributed by atoms with E-state index in [-0.39, 0.29) is 23.0 Å². The number of carbonyl (C=O) groups excluding carboxylic acids is 1. The molecule has 0 saturated carbocycles. The van der Waals surface area contributed by atoms with Crippen molar-refractivity contribution in [2.24, 2.45) is 4.99 Å². The van der Waals surface area contributed by atoms with Gasteiger partial charge >= 0.3 is 6.18 Å². The first-order chi connectivity index (χ1) is 20.1. The number of fused-ring (bicyclic) bond motifs is 3. The molecule has 0 bridgehead atoms. The molecule has 7 nitrogen and oxygen atoms in total. The van der Waals surface area contributed by atoms with Crippen molar-refractivity contribution in [3.63, 3.8) is 0 Å². The molecule has 42 heavy (non-hydrogen) atoms. The molecule has 1 amide bonds. The molecule has 1 unspecified atom stereocenters. The van der Waals surface area contributed by atoms with Gasteiger partial charge < -0.3 is 24.2 Å². The summed E-state index contributed by atoms with van der Waals surface area (Å²) in [6.07, 6.45) is 0.220. The third-order valence-corrected chi connectivity index (χ3v) is 8.04. The van der Waals surface area contributed by atoms with Crippen LogP contribution in [0.5, 0.6) is 5.75 Å². The SMILES string of the molecule is O=C(COc1ccc(N2CCOCC2)cc1Cl)N1CC=C2N=C3C=C(C(F)(F)F)C=CN3C2[C@H]1c1ccc(Cl)cc1F. The number of aliphatic imine (C=N–C) groups is 1. The molecule has 4 aliphatic heterocycles. The molecule has 2 aromatic rings. The van der Waals surface area contributed by atoms with Crippen LogP contribution in [-0.4, -0.2) is 73.2 Å². The molecule has 1 fully saturated rings. The molecule has 2 aromatic carbocycles. The molecular formula is C29H24Cl2F4N4O3. The van der Waals surface area contributed by atoms with Crippen molar-refractivity contribution in [3.8, 4) is 5.75 Å². The summed E-state index contributed by atoms with van der Waals surface area (Å²) in [5, 5.41) is 0.491. The molecule has 0 spiro atoms. The molecule has 0 radical (unpaired) electrons. The monoisotopic (exact) mass is 622 g/mol. The molecule has 4 heterocycles. The highest BCUT2D eigenvalue weighted by molar-refractivity contribution is 6.32. The standard InChI is InChI=1S/C29H24Cl2F4N4O3/c30-18-1-3-20(22(32)14-18)27-28-23(36-25-13-17(29(33,34)35)5-7-38(25)28)6-8-39(27)26(40)16-42-24-4-2-19(15-21(24)31)37-9-11-41-12-10-37/h1-7,13-15,27-28H,8-12,16H2/t27-,28?/m1/s1. The average Bonchev–Trinajstić information content (AvgIpc) is 3.34. The predicted octanol–water partition coefficient (Wildman–Crippen LogP) is 5.91. The molecule has 0 N–H and O–H groups in total. The minimum atomic E-state index is -4.56. The number of hydrogen-bond acceptors (Lipinski definition) is 6. The maximum Gasteiger partial charge on any atom is 0.416 e. The zero-order chi connectivity index (χ0) is 29.6. The van der Waals surface area contributed by atoms with E-state index in [9.17, 15) is 18.0 Å². The van der Waals surface area contributed by atoms with E-state index in [0.717, 1.165) is 37.0 Å². The van der Waals surface area contributed by atoms with E-state index < -0.39 is 42.2 Å². The maximum absolute atomic E-state index is 15.3. The lowest BCUT2D eigenvalue weighted by atomic mass is 9.91. The van der Waals surface area contributed by atoms with Gasteiger partial charge in [0.1, 0.15) is 23.4 Å². The third-order valence-electron chi connectivity index (χ3n) is 7.51. The summed E-state index contributed by atoms with van der Waals surface area (Å²) in [5.74, 6) is -0.771. The van der Waals surface area contributed by atoms with Crippen LogP contribution in [-0.2, 0) is 9.53 Å². The Morgan fingerprint density at radius 1 is 1.10 bits per heavy atom. The first-order valence-corrected chi connectivity index (χ1v) is 13.9. The Labute approximate surface area is 248 Å². The highest BCUT2D eigenvalue weighted by Crippen LogP contribution is 2.43. The van der Waals surface area contributed by atoms with Crippen molar-refractivity contribution in [2.75, 3.05) is 44.4 Å². The van der Waals surface area contributed by atoms with Crippen LogP contribution < -0.4 is 9.64 Å². The van der Waals surface area contributed by atoms with Crippen molar-refractivity contribution in [1.82, 2.24) is 9.80 Å². The normalized spacial score (nSPS) is 21.9. The number of amides is 1. The Morgan fingerprint density at radius 2 is 1.88 bits per heavy atom. The lowest BCUT2D eigenvalue weighted by molar-refractivity contribution is -0.136. The number of hydrogen-bond donors (Lipinski definition) is 0. The number of halogens is 6. The molecular weight excluding hydrogens is 599 g/mol. The fraction of sp³-hybridized carbons (Fsp3) is 0.310. The number of nitrogens with zero attached hydrogens (tertiary/aromatic N) is 4. The molecule has 2 atom stereocenters. The third kappa shape index (κ3) is 5.48. The van der Waals surface area contributed by atoms with Crippen LogP contribution in [0.1, 0.15) is 11.6 Å². The molecule has 1 saturated heterocycles. The van der Waals surface area contributed by atoms with Crippen molar-refractivity contribution in [3.05, 3.63) is 93.5 Å². The van der Waals surface area contributed by atoms with Crippen molar-refractivity contribution in [2.45, 2.75) is 18.3 Å². The lowest BCUT2D eigenvalue weighted by Crippen LogP contribution is -2.50. The minimum absolute atomic E-state index is 0.0363. The quantitative estimate of drug-likeness (QED) is 0.388. The second-order valence-corrected chi connectivity index (χ2v) is 10.9. The van der Waals surface area contributed by atoms with E-state index >= 15 is 4.39 Å². The summed E-state index contributed by atoms with van der Waals surface area (Å²) in [6.45, 7) is 2.33. The zero-order valence-corrected chi connectivity index (χ0v) is 23.5. The summed E-state index contributed by atoms with van der Waals surface area (Å²) in [4.78, 5) is 23.1. The van der Waals surface area contributed by atoms with E-state index in [0.29, 0.717) is 29.7 Å². The number of morpholine rings is 1. The summed E-state index contributed by atoms with van der Waals surface area (Å²) in [5.41, 5.74) is 0.624. The molecule has 220 valence electrons. The summed E-state index contributed by atoms with van der Waals surface area (Å²) < 4.78 is 66.7. The number of ether oxygens (including phenoxy) is 2. The first kappa shape index (κ1) is 28.6. The highest BCUT2D eigenvalue weighted by Gasteiger charge is 2.47. The summed E-state index contributed by atoms with van der Waals surface area (Å²) >= 11 is 12.5. The van der Waals surface area contributed by atoms with Crippen LogP contribution in [0.15, 0.2) is 77.1 Å². The van der Waals surface area contributed by atoms with Crippen LogP contribution >= 0.6 is 23.2 Å². The number of amidine groups is 1. The number of allylic oxidation sites excluding steroid dienone is 2. The van der Waals surface area contributed by atoms with Crippen LogP contribution in [0.3, 0.4) is 0 Å². The van der Waals surface area contributed by atoms with Gasteiger partial charge in [0, 0.05) is 42.1 Å². The van der Waals surface area contributed by atoms with Gasteiger partial charge in [-0.1, -0.05) is 29.3 Å². The number of rotatable bonds is 5. The van der Waals surface area contributed by atoms with E-state index in [1.165, 1.54) is 28.1 Å². The highest BCUT2D eigenvalue weighted by atomic mass is 35.5. The number of benzene rings is 2. The fourth-order valence-electron chi connectivity index (χ4n) is 5.48. The largest absolute Gasteiger partial charge is 0.482 e. The van der Waals surface area contributed by atoms with Gasteiger partial charge in [-0.05, 0) is 48.6 Å². The topological polar surface area (TPSA) is 57.6 Å². The Balaban J connectivity index is 1.25. The van der Waals surface area contributed by atoms with Crippen LogP contribution in [0.25, 0.3) is 0 Å². The predicted molar refractivity (Wildman–Crippen MR) is 150 cm³/mol. The van der Waals surface area contributed by atoms with E-state index in [1.807, 2.05) is 6.07 Å². The van der Waals surface area contributed by atoms with Crippen LogP contribution in [0, 0.1) is 5.82 Å². The lowest BCUT2D eigenvalue weighted by Gasteiger charge is -2.42. The summed E-state index contributed by atoms with van der Waals surface area (Å²) in [7, 11) is 0. The van der Waals surface area contributed by atoms with Gasteiger partial charge in [0.2, 0.25) is 0 Å². The number of anilines is 1.